The first-order chi connectivity index (χ1) is 11.4. The van der Waals surface area contributed by atoms with Crippen LogP contribution >= 0.6 is 0 Å². The molecule has 1 aromatic carbocycles. The van der Waals surface area contributed by atoms with E-state index in [1.165, 1.54) is 17.0 Å². The Kier molecular flexibility index (Phi) is 4.62. The fourth-order valence-corrected chi connectivity index (χ4v) is 3.86. The first-order valence-corrected chi connectivity index (χ1v) is 8.20. The van der Waals surface area contributed by atoms with Crippen molar-refractivity contribution in [2.45, 2.75) is 25.3 Å². The Bertz CT molecular complexity index is 628. The number of carbonyl (C=O) groups is 1. The molecule has 2 aliphatic heterocycles. The molecule has 0 bridgehead atoms. The van der Waals surface area contributed by atoms with Gasteiger partial charge in [0.05, 0.1) is 24.4 Å². The van der Waals surface area contributed by atoms with E-state index in [0.717, 1.165) is 18.9 Å². The summed E-state index contributed by atoms with van der Waals surface area (Å²) in [7, 11) is 0. The van der Waals surface area contributed by atoms with Gasteiger partial charge in [0.2, 0.25) is 0 Å². The predicted molar refractivity (Wildman–Crippen MR) is 85.2 cm³/mol. The first kappa shape index (κ1) is 17.0. The number of hydrogen-bond acceptors (Lipinski definition) is 3. The maximum absolute atomic E-state index is 14.1. The lowest BCUT2D eigenvalue weighted by atomic mass is 9.78. The van der Waals surface area contributed by atoms with Crippen molar-refractivity contribution in [2.24, 2.45) is 5.92 Å². The van der Waals surface area contributed by atoms with Crippen molar-refractivity contribution in [3.05, 3.63) is 29.8 Å². The van der Waals surface area contributed by atoms with Crippen LogP contribution in [-0.4, -0.2) is 54.5 Å². The van der Waals surface area contributed by atoms with Gasteiger partial charge in [0.25, 0.3) is 0 Å². The van der Waals surface area contributed by atoms with Crippen LogP contribution in [0, 0.1) is 17.6 Å². The van der Waals surface area contributed by atoms with E-state index in [-0.39, 0.29) is 5.92 Å². The van der Waals surface area contributed by atoms with E-state index in [1.807, 2.05) is 11.8 Å². The molecule has 24 heavy (non-hydrogen) atoms. The van der Waals surface area contributed by atoms with Crippen molar-refractivity contribution in [3.63, 3.8) is 0 Å². The number of ether oxygens (including phenoxy) is 1. The Balaban J connectivity index is 1.83. The topological polar surface area (TPSA) is 53.0 Å². The quantitative estimate of drug-likeness (QED) is 0.899. The Morgan fingerprint density at radius 3 is 2.88 bits per heavy atom. The van der Waals surface area contributed by atoms with E-state index in [1.54, 1.807) is 0 Å². The van der Waals surface area contributed by atoms with Crippen molar-refractivity contribution < 1.29 is 23.4 Å². The molecule has 132 valence electrons. The van der Waals surface area contributed by atoms with Gasteiger partial charge in [-0.2, -0.15) is 0 Å². The molecule has 0 radical (unpaired) electrons. The molecule has 2 heterocycles. The molecule has 2 aliphatic rings. The molecule has 2 saturated heterocycles. The van der Waals surface area contributed by atoms with Crippen LogP contribution in [0.4, 0.5) is 19.3 Å². The molecule has 1 aromatic rings. The zero-order valence-corrected chi connectivity index (χ0v) is 13.7. The Hall–Kier alpha value is -1.89. The molecular formula is C17H22F2N2O3. The molecule has 0 aliphatic carbocycles. The molecule has 0 aromatic heterocycles. The summed E-state index contributed by atoms with van der Waals surface area (Å²) in [6.45, 7) is 4.16. The third-order valence-electron chi connectivity index (χ3n) is 5.25. The summed E-state index contributed by atoms with van der Waals surface area (Å²) in [5.41, 5.74) is -0.275. The van der Waals surface area contributed by atoms with E-state index >= 15 is 0 Å². The fourth-order valence-electron chi connectivity index (χ4n) is 3.86. The predicted octanol–water partition coefficient (Wildman–Crippen LogP) is 2.95. The van der Waals surface area contributed by atoms with Gasteiger partial charge in [0.1, 0.15) is 11.6 Å². The number of halogens is 2. The van der Waals surface area contributed by atoms with Crippen molar-refractivity contribution in [1.82, 2.24) is 4.90 Å². The van der Waals surface area contributed by atoms with Crippen molar-refractivity contribution >= 4 is 11.8 Å². The summed E-state index contributed by atoms with van der Waals surface area (Å²) in [6.07, 6.45) is 0.721. The highest BCUT2D eigenvalue weighted by atomic mass is 19.1. The number of morpholine rings is 1. The number of nitrogens with zero attached hydrogens (tertiary/aromatic N) is 2. The highest BCUT2D eigenvalue weighted by molar-refractivity contribution is 5.66. The van der Waals surface area contributed by atoms with Gasteiger partial charge in [-0.1, -0.05) is 0 Å². The number of piperidine rings is 1. The van der Waals surface area contributed by atoms with Crippen LogP contribution < -0.4 is 4.90 Å². The minimum atomic E-state index is -0.953. The molecule has 5 nitrogen and oxygen atoms in total. The van der Waals surface area contributed by atoms with Crippen molar-refractivity contribution in [3.8, 4) is 0 Å². The van der Waals surface area contributed by atoms with Crippen LogP contribution in [0.3, 0.4) is 0 Å². The normalized spacial score (nSPS) is 28.0. The first-order valence-electron chi connectivity index (χ1n) is 8.20. The van der Waals surface area contributed by atoms with E-state index in [0.29, 0.717) is 38.5 Å². The fraction of sp³-hybridized carbons (Fsp3) is 0.588. The molecule has 3 rings (SSSR count). The van der Waals surface area contributed by atoms with Gasteiger partial charge in [-0.25, -0.2) is 13.6 Å². The summed E-state index contributed by atoms with van der Waals surface area (Å²) in [5.74, 6) is -1.17. The monoisotopic (exact) mass is 340 g/mol. The van der Waals surface area contributed by atoms with Gasteiger partial charge >= 0.3 is 6.09 Å². The van der Waals surface area contributed by atoms with Gasteiger partial charge in [-0.3, -0.25) is 4.90 Å². The standard InChI is InChI=1S/C17H22F2N2O3/c1-17(11-24-8-7-21(17)16(22)23)12-3-2-6-20(10-12)15-5-4-13(18)9-14(15)19/h4-5,9,12H,2-3,6-8,10-11H2,1H3,(H,22,23). The maximum Gasteiger partial charge on any atom is 0.407 e. The third-order valence-corrected chi connectivity index (χ3v) is 5.25. The zero-order valence-electron chi connectivity index (χ0n) is 13.7. The number of anilines is 1. The molecular weight excluding hydrogens is 318 g/mol. The highest BCUT2D eigenvalue weighted by Gasteiger charge is 2.46. The van der Waals surface area contributed by atoms with E-state index in [2.05, 4.69) is 0 Å². The smallest absolute Gasteiger partial charge is 0.407 e. The zero-order chi connectivity index (χ0) is 17.3. The maximum atomic E-state index is 14.1. The number of hydrogen-bond donors (Lipinski definition) is 1. The van der Waals surface area contributed by atoms with Crippen LogP contribution in [0.2, 0.25) is 0 Å². The lowest BCUT2D eigenvalue weighted by molar-refractivity contribution is -0.0762. The van der Waals surface area contributed by atoms with Crippen LogP contribution in [0.15, 0.2) is 18.2 Å². The Morgan fingerprint density at radius 2 is 2.17 bits per heavy atom. The van der Waals surface area contributed by atoms with E-state index < -0.39 is 23.3 Å². The third kappa shape index (κ3) is 3.05. The molecule has 0 saturated carbocycles. The van der Waals surface area contributed by atoms with Gasteiger partial charge < -0.3 is 14.7 Å². The summed E-state index contributed by atoms with van der Waals surface area (Å²) >= 11 is 0. The molecule has 2 unspecified atom stereocenters. The van der Waals surface area contributed by atoms with Gasteiger partial charge in [-0.15, -0.1) is 0 Å². The van der Waals surface area contributed by atoms with Crippen LogP contribution in [0.1, 0.15) is 19.8 Å². The number of carboxylic acid groups (broad SMARTS) is 1. The Labute approximate surface area is 139 Å². The minimum Gasteiger partial charge on any atom is -0.465 e. The average Bonchev–Trinajstić information content (AvgIpc) is 2.55. The van der Waals surface area contributed by atoms with Crippen LogP contribution in [-0.2, 0) is 4.74 Å². The lowest BCUT2D eigenvalue weighted by Gasteiger charge is -2.50. The molecule has 0 spiro atoms. The van der Waals surface area contributed by atoms with E-state index in [9.17, 15) is 18.7 Å². The second kappa shape index (κ2) is 6.55. The summed E-state index contributed by atoms with van der Waals surface area (Å²) in [6, 6.07) is 3.58. The number of amides is 1. The molecule has 1 N–H and O–H groups in total. The van der Waals surface area contributed by atoms with Crippen molar-refractivity contribution in [2.75, 3.05) is 37.7 Å². The average molecular weight is 340 g/mol. The lowest BCUT2D eigenvalue weighted by Crippen LogP contribution is -2.63. The molecule has 2 atom stereocenters. The number of benzene rings is 1. The van der Waals surface area contributed by atoms with Gasteiger partial charge in [0.15, 0.2) is 0 Å². The highest BCUT2D eigenvalue weighted by Crippen LogP contribution is 2.36. The SMILES string of the molecule is CC1(C2CCCN(c3ccc(F)cc3F)C2)COCCN1C(=O)O. The number of rotatable bonds is 2. The molecule has 1 amide bonds. The van der Waals surface area contributed by atoms with Gasteiger partial charge in [-0.05, 0) is 31.9 Å². The van der Waals surface area contributed by atoms with Crippen LogP contribution in [0.5, 0.6) is 0 Å². The largest absolute Gasteiger partial charge is 0.465 e. The minimum absolute atomic E-state index is 0.0205. The second-order valence-electron chi connectivity index (χ2n) is 6.72. The summed E-state index contributed by atoms with van der Waals surface area (Å²) < 4.78 is 32.8. The summed E-state index contributed by atoms with van der Waals surface area (Å²) in [4.78, 5) is 14.9. The second-order valence-corrected chi connectivity index (χ2v) is 6.72. The Morgan fingerprint density at radius 1 is 1.38 bits per heavy atom. The molecule has 2 fully saturated rings. The molecule has 7 heteroatoms. The van der Waals surface area contributed by atoms with E-state index in [4.69, 9.17) is 4.74 Å². The summed E-state index contributed by atoms with van der Waals surface area (Å²) in [5, 5.41) is 9.52. The van der Waals surface area contributed by atoms with Crippen molar-refractivity contribution in [1.29, 1.82) is 0 Å². The van der Waals surface area contributed by atoms with Crippen LogP contribution in [0.25, 0.3) is 0 Å². The van der Waals surface area contributed by atoms with Gasteiger partial charge in [0, 0.05) is 31.6 Å².